The van der Waals surface area contributed by atoms with E-state index in [1.807, 2.05) is 41.7 Å². The molecule has 2 amide bonds. The van der Waals surface area contributed by atoms with E-state index in [0.717, 1.165) is 31.7 Å². The van der Waals surface area contributed by atoms with Crippen LogP contribution in [-0.4, -0.2) is 27.2 Å². The zero-order valence-electron chi connectivity index (χ0n) is 15.6. The van der Waals surface area contributed by atoms with Crippen LogP contribution >= 0.6 is 24.4 Å². The maximum Gasteiger partial charge on any atom is 0.315 e. The molecular weight excluding hydrogens is 378 g/mol. The van der Waals surface area contributed by atoms with Gasteiger partial charge in [0.15, 0.2) is 5.65 Å². The van der Waals surface area contributed by atoms with Gasteiger partial charge in [-0.3, -0.25) is 4.40 Å². The fourth-order valence-electron chi connectivity index (χ4n) is 2.69. The Kier molecular flexibility index (Phi) is 6.28. The molecule has 0 radical (unpaired) electrons. The van der Waals surface area contributed by atoms with Gasteiger partial charge in [0.05, 0.1) is 0 Å². The van der Waals surface area contributed by atoms with Crippen molar-refractivity contribution in [2.45, 2.75) is 47.9 Å². The van der Waals surface area contributed by atoms with Crippen LogP contribution in [0.25, 0.3) is 5.65 Å². The summed E-state index contributed by atoms with van der Waals surface area (Å²) < 4.78 is 2.03. The summed E-state index contributed by atoms with van der Waals surface area (Å²) in [4.78, 5) is 14.7. The van der Waals surface area contributed by atoms with Crippen LogP contribution in [0.2, 0.25) is 0 Å². The molecule has 0 aliphatic rings. The van der Waals surface area contributed by atoms with Crippen LogP contribution in [0.15, 0.2) is 51.2 Å². The van der Waals surface area contributed by atoms with Crippen molar-refractivity contribution >= 4 is 36.1 Å². The average molecular weight is 402 g/mol. The van der Waals surface area contributed by atoms with Crippen LogP contribution in [0.3, 0.4) is 0 Å². The van der Waals surface area contributed by atoms with E-state index < -0.39 is 0 Å². The Balaban J connectivity index is 1.87. The summed E-state index contributed by atoms with van der Waals surface area (Å²) in [5, 5.41) is 14.1. The molecule has 0 aliphatic heterocycles. The number of nitrogens with zero attached hydrogens (tertiary/aromatic N) is 3. The normalized spacial score (nSPS) is 11.1. The summed E-state index contributed by atoms with van der Waals surface area (Å²) in [5.41, 5.74) is 1.83. The zero-order chi connectivity index (χ0) is 19.4. The summed E-state index contributed by atoms with van der Waals surface area (Å²) in [7, 11) is 0. The van der Waals surface area contributed by atoms with Gasteiger partial charge in [0.1, 0.15) is 5.82 Å². The SMILES string of the molecule is CCNC(=O)NCc1c(S)cccc1Sc1ccc2nnc(C(C)C)n2c1. The standard InChI is InChI=1S/C19H23N5OS2/c1-4-20-19(25)21-10-14-15(26)6-5-7-16(14)27-13-8-9-17-22-23-18(12(2)3)24(17)11-13/h5-9,11-12,26H,4,10H2,1-3H3,(H2,20,21,25). The van der Waals surface area contributed by atoms with Crippen LogP contribution in [0.5, 0.6) is 0 Å². The third kappa shape index (κ3) is 4.56. The minimum Gasteiger partial charge on any atom is -0.338 e. The van der Waals surface area contributed by atoms with E-state index in [4.69, 9.17) is 0 Å². The highest BCUT2D eigenvalue weighted by Crippen LogP contribution is 2.33. The number of benzene rings is 1. The van der Waals surface area contributed by atoms with Crippen molar-refractivity contribution in [1.82, 2.24) is 25.2 Å². The van der Waals surface area contributed by atoms with Crippen molar-refractivity contribution in [1.29, 1.82) is 0 Å². The van der Waals surface area contributed by atoms with Crippen LogP contribution in [0.1, 0.15) is 38.1 Å². The molecule has 3 aromatic rings. The minimum atomic E-state index is -0.183. The first kappa shape index (κ1) is 19.6. The Bertz CT molecular complexity index is 954. The molecule has 0 aliphatic carbocycles. The lowest BCUT2D eigenvalue weighted by Gasteiger charge is -2.13. The van der Waals surface area contributed by atoms with Gasteiger partial charge in [-0.25, -0.2) is 4.79 Å². The number of nitrogens with one attached hydrogen (secondary N) is 2. The largest absolute Gasteiger partial charge is 0.338 e. The van der Waals surface area contributed by atoms with Gasteiger partial charge in [0.2, 0.25) is 0 Å². The number of hydrogen-bond acceptors (Lipinski definition) is 5. The fourth-order valence-corrected chi connectivity index (χ4v) is 4.05. The summed E-state index contributed by atoms with van der Waals surface area (Å²) >= 11 is 6.21. The van der Waals surface area contributed by atoms with E-state index >= 15 is 0 Å². The Labute approximate surface area is 168 Å². The molecule has 6 nitrogen and oxygen atoms in total. The predicted molar refractivity (Wildman–Crippen MR) is 111 cm³/mol. The van der Waals surface area contributed by atoms with E-state index in [2.05, 4.69) is 53.5 Å². The van der Waals surface area contributed by atoms with Gasteiger partial charge in [0.25, 0.3) is 0 Å². The van der Waals surface area contributed by atoms with E-state index in [1.54, 1.807) is 11.8 Å². The van der Waals surface area contributed by atoms with Crippen molar-refractivity contribution in [2.75, 3.05) is 6.54 Å². The number of hydrogen-bond donors (Lipinski definition) is 3. The number of pyridine rings is 1. The van der Waals surface area contributed by atoms with Gasteiger partial charge in [-0.1, -0.05) is 31.7 Å². The molecule has 0 atom stereocenters. The van der Waals surface area contributed by atoms with Crippen molar-refractivity contribution in [3.05, 3.63) is 47.9 Å². The monoisotopic (exact) mass is 401 g/mol. The molecule has 142 valence electrons. The van der Waals surface area contributed by atoms with Crippen LogP contribution in [-0.2, 0) is 6.54 Å². The predicted octanol–water partition coefficient (Wildman–Crippen LogP) is 4.11. The molecule has 2 heterocycles. The Morgan fingerprint density at radius 3 is 2.78 bits per heavy atom. The number of carbonyl (C=O) groups is 1. The quantitative estimate of drug-likeness (QED) is 0.544. The van der Waals surface area contributed by atoms with Crippen molar-refractivity contribution < 1.29 is 4.79 Å². The molecule has 3 rings (SSSR count). The van der Waals surface area contributed by atoms with E-state index in [0.29, 0.717) is 13.1 Å². The van der Waals surface area contributed by atoms with Gasteiger partial charge in [-0.05, 0) is 36.8 Å². The second-order valence-corrected chi connectivity index (χ2v) is 7.97. The van der Waals surface area contributed by atoms with Crippen molar-refractivity contribution in [3.8, 4) is 0 Å². The van der Waals surface area contributed by atoms with Gasteiger partial charge in [-0.2, -0.15) is 0 Å². The Hall–Kier alpha value is -2.19. The Morgan fingerprint density at radius 2 is 2.04 bits per heavy atom. The molecular formula is C19H23N5OS2. The van der Waals surface area contributed by atoms with Gasteiger partial charge in [-0.15, -0.1) is 22.8 Å². The molecule has 0 spiro atoms. The topological polar surface area (TPSA) is 71.3 Å². The van der Waals surface area contributed by atoms with Crippen LogP contribution in [0, 0.1) is 0 Å². The molecule has 2 N–H and O–H groups in total. The third-order valence-electron chi connectivity index (χ3n) is 4.02. The van der Waals surface area contributed by atoms with Gasteiger partial charge >= 0.3 is 6.03 Å². The number of fused-ring (bicyclic) bond motifs is 1. The summed E-state index contributed by atoms with van der Waals surface area (Å²) in [6.07, 6.45) is 2.06. The molecule has 0 saturated heterocycles. The number of urea groups is 1. The molecule has 1 aromatic carbocycles. The zero-order valence-corrected chi connectivity index (χ0v) is 17.3. The number of thiol groups is 1. The van der Waals surface area contributed by atoms with Crippen molar-refractivity contribution in [3.63, 3.8) is 0 Å². The first-order chi connectivity index (χ1) is 13.0. The van der Waals surface area contributed by atoms with E-state index in [9.17, 15) is 4.79 Å². The number of rotatable bonds is 6. The molecule has 0 fully saturated rings. The minimum absolute atomic E-state index is 0.183. The lowest BCUT2D eigenvalue weighted by atomic mass is 10.2. The smallest absolute Gasteiger partial charge is 0.315 e. The summed E-state index contributed by atoms with van der Waals surface area (Å²) in [6.45, 7) is 7.10. The fraction of sp³-hybridized carbons (Fsp3) is 0.316. The summed E-state index contributed by atoms with van der Waals surface area (Å²) in [6, 6.07) is 9.76. The van der Waals surface area contributed by atoms with Crippen LogP contribution < -0.4 is 10.6 Å². The molecule has 2 aromatic heterocycles. The average Bonchev–Trinajstić information content (AvgIpc) is 3.05. The lowest BCUT2D eigenvalue weighted by molar-refractivity contribution is 0.241. The highest BCUT2D eigenvalue weighted by atomic mass is 32.2. The van der Waals surface area contributed by atoms with Crippen molar-refractivity contribution in [2.24, 2.45) is 0 Å². The lowest BCUT2D eigenvalue weighted by Crippen LogP contribution is -2.34. The third-order valence-corrected chi connectivity index (χ3v) is 5.52. The first-order valence-electron chi connectivity index (χ1n) is 8.84. The van der Waals surface area contributed by atoms with E-state index in [-0.39, 0.29) is 11.9 Å². The maximum atomic E-state index is 11.7. The number of carbonyl (C=O) groups excluding carboxylic acids is 1. The van der Waals surface area contributed by atoms with Crippen LogP contribution in [0.4, 0.5) is 4.79 Å². The van der Waals surface area contributed by atoms with Gasteiger partial charge in [0, 0.05) is 39.9 Å². The molecule has 0 saturated carbocycles. The highest BCUT2D eigenvalue weighted by Gasteiger charge is 2.12. The Morgan fingerprint density at radius 1 is 1.22 bits per heavy atom. The van der Waals surface area contributed by atoms with Gasteiger partial charge < -0.3 is 10.6 Å². The van der Waals surface area contributed by atoms with E-state index in [1.165, 1.54) is 0 Å². The molecule has 8 heteroatoms. The molecule has 0 bridgehead atoms. The highest BCUT2D eigenvalue weighted by molar-refractivity contribution is 7.99. The summed E-state index contributed by atoms with van der Waals surface area (Å²) in [5.74, 6) is 1.23. The number of aromatic nitrogens is 3. The second kappa shape index (κ2) is 8.67. The maximum absolute atomic E-state index is 11.7. The number of amides is 2. The second-order valence-electron chi connectivity index (χ2n) is 6.37. The molecule has 0 unspecified atom stereocenters. The molecule has 27 heavy (non-hydrogen) atoms. The first-order valence-corrected chi connectivity index (χ1v) is 10.1.